The van der Waals surface area contributed by atoms with Gasteiger partial charge in [-0.2, -0.15) is 0 Å². The van der Waals surface area contributed by atoms with Crippen molar-refractivity contribution in [2.45, 2.75) is 25.9 Å². The molecule has 2 aliphatic rings. The van der Waals surface area contributed by atoms with Gasteiger partial charge < -0.3 is 47.4 Å². The molecular weight excluding hydrogens is 803 g/mol. The third-order valence-electron chi connectivity index (χ3n) is 9.72. The Balaban J connectivity index is 1.14. The van der Waals surface area contributed by atoms with E-state index in [1.807, 2.05) is 24.3 Å². The quantitative estimate of drug-likeness (QED) is 0.234. The normalized spacial score (nSPS) is 19.9. The highest BCUT2D eigenvalue weighted by Crippen LogP contribution is 2.32. The van der Waals surface area contributed by atoms with E-state index in [9.17, 15) is 0 Å². The maximum absolute atomic E-state index is 5.91. The van der Waals surface area contributed by atoms with Crippen LogP contribution < -0.4 is 0 Å². The monoisotopic (exact) mass is 865 g/mol. The Morgan fingerprint density at radius 3 is 1.28 bits per heavy atom. The molecule has 4 aromatic rings. The van der Waals surface area contributed by atoms with Crippen LogP contribution in [-0.2, 0) is 60.5 Å². The molecule has 0 amide bonds. The van der Waals surface area contributed by atoms with Crippen molar-refractivity contribution in [1.29, 1.82) is 0 Å². The maximum Gasteiger partial charge on any atom is 0.146 e. The number of hydrogen-bond acceptors (Lipinski definition) is 16. The van der Waals surface area contributed by atoms with Gasteiger partial charge in [0.25, 0.3) is 0 Å². The largest absolute Gasteiger partial charge is 0.379 e. The van der Waals surface area contributed by atoms with E-state index in [1.165, 1.54) is 0 Å². The highest BCUT2D eigenvalue weighted by atomic mass is 32.1. The smallest absolute Gasteiger partial charge is 0.146 e. The summed E-state index contributed by atoms with van der Waals surface area (Å²) < 4.78 is 57.2. The van der Waals surface area contributed by atoms with Crippen LogP contribution in [0.3, 0.4) is 0 Å². The van der Waals surface area contributed by atoms with E-state index >= 15 is 0 Å². The van der Waals surface area contributed by atoms with Crippen LogP contribution in [0, 0.1) is 0 Å². The lowest BCUT2D eigenvalue weighted by atomic mass is 10.1. The third kappa shape index (κ3) is 18.5. The summed E-state index contributed by atoms with van der Waals surface area (Å²) in [6.45, 7) is 13.6. The molecule has 334 valence electrons. The Morgan fingerprint density at radius 1 is 0.410 bits per heavy atom. The molecule has 0 saturated carbocycles. The minimum atomic E-state index is 0.249. The van der Waals surface area contributed by atoms with Crippen LogP contribution in [-0.4, -0.2) is 170 Å². The molecule has 0 radical (unpaired) electrons. The van der Waals surface area contributed by atoms with Gasteiger partial charge in [-0.15, -0.1) is 11.3 Å². The van der Waals surface area contributed by atoms with Crippen molar-refractivity contribution in [1.82, 2.24) is 24.8 Å². The predicted octanol–water partition coefficient (Wildman–Crippen LogP) is 5.43. The van der Waals surface area contributed by atoms with E-state index < -0.39 is 0 Å². The predicted molar refractivity (Wildman–Crippen MR) is 232 cm³/mol. The number of thiophene rings is 1. The molecule has 61 heavy (non-hydrogen) atoms. The summed E-state index contributed by atoms with van der Waals surface area (Å²) in [6.07, 6.45) is 1.62. The molecule has 0 spiro atoms. The van der Waals surface area contributed by atoms with E-state index in [0.29, 0.717) is 145 Å². The van der Waals surface area contributed by atoms with Crippen LogP contribution in [0.2, 0.25) is 0 Å². The molecule has 0 bridgehead atoms. The standard InChI is InChI=1S/C45H63N5O10S/c1-6-39(34-49-11-19-53-25-29-55-27-23-51-15-4-17-57-36-59-21-13-49)46-41(8-1)43-32-38(45-10-3-31-61-45)33-44(48-43)42-9-2-7-40(47-42)35-50-12-20-54-26-30-56-28-24-52-16-5-18-58-37-60-22-14-50/h1-3,6-10,31-33H,4-5,11-30,34-37H2. The highest BCUT2D eigenvalue weighted by molar-refractivity contribution is 7.13. The summed E-state index contributed by atoms with van der Waals surface area (Å²) in [5, 5.41) is 2.09. The zero-order valence-corrected chi connectivity index (χ0v) is 36.3. The fourth-order valence-corrected chi connectivity index (χ4v) is 7.25. The van der Waals surface area contributed by atoms with Crippen LogP contribution >= 0.6 is 11.3 Å². The summed E-state index contributed by atoms with van der Waals surface area (Å²) in [4.78, 5) is 21.2. The third-order valence-corrected chi connectivity index (χ3v) is 10.6. The lowest BCUT2D eigenvalue weighted by molar-refractivity contribution is -0.0666. The Morgan fingerprint density at radius 2 is 0.820 bits per heavy atom. The van der Waals surface area contributed by atoms with Gasteiger partial charge in [-0.05, 0) is 66.2 Å². The van der Waals surface area contributed by atoms with Gasteiger partial charge in [-0.3, -0.25) is 9.80 Å². The van der Waals surface area contributed by atoms with E-state index in [-0.39, 0.29) is 13.6 Å². The van der Waals surface area contributed by atoms with Gasteiger partial charge in [-0.25, -0.2) is 15.0 Å². The number of nitrogens with zero attached hydrogens (tertiary/aromatic N) is 5. The molecule has 2 saturated heterocycles. The second-order valence-corrected chi connectivity index (χ2v) is 15.4. The Bertz CT molecular complexity index is 1620. The van der Waals surface area contributed by atoms with Crippen LogP contribution in [0.1, 0.15) is 24.2 Å². The molecule has 0 N–H and O–H groups in total. The molecule has 0 aromatic carbocycles. The minimum absolute atomic E-state index is 0.249. The fourth-order valence-electron chi connectivity index (χ4n) is 6.53. The average molecular weight is 866 g/mol. The summed E-state index contributed by atoms with van der Waals surface area (Å²) >= 11 is 1.70. The van der Waals surface area contributed by atoms with Crippen LogP contribution in [0.25, 0.3) is 33.2 Å². The van der Waals surface area contributed by atoms with Crippen LogP contribution in [0.5, 0.6) is 0 Å². The van der Waals surface area contributed by atoms with Gasteiger partial charge in [0.05, 0.1) is 127 Å². The van der Waals surface area contributed by atoms with Crippen molar-refractivity contribution in [2.24, 2.45) is 0 Å². The zero-order chi connectivity index (χ0) is 41.8. The van der Waals surface area contributed by atoms with E-state index in [1.54, 1.807) is 11.3 Å². The maximum atomic E-state index is 5.91. The van der Waals surface area contributed by atoms with Gasteiger partial charge in [0, 0.05) is 57.4 Å². The molecule has 15 nitrogen and oxygen atoms in total. The van der Waals surface area contributed by atoms with Gasteiger partial charge in [0.15, 0.2) is 0 Å². The lowest BCUT2D eigenvalue weighted by Crippen LogP contribution is -2.31. The second-order valence-electron chi connectivity index (χ2n) is 14.4. The van der Waals surface area contributed by atoms with E-state index in [4.69, 9.17) is 62.3 Å². The van der Waals surface area contributed by atoms with E-state index in [0.717, 1.165) is 57.4 Å². The van der Waals surface area contributed by atoms with Gasteiger partial charge in [0.1, 0.15) is 13.6 Å². The molecule has 2 aliphatic heterocycles. The van der Waals surface area contributed by atoms with Crippen molar-refractivity contribution < 1.29 is 47.4 Å². The molecule has 6 rings (SSSR count). The van der Waals surface area contributed by atoms with E-state index in [2.05, 4.69) is 51.6 Å². The summed E-state index contributed by atoms with van der Waals surface area (Å²) in [6, 6.07) is 20.7. The summed E-state index contributed by atoms with van der Waals surface area (Å²) in [7, 11) is 0. The van der Waals surface area contributed by atoms with Crippen molar-refractivity contribution in [2.75, 3.05) is 145 Å². The van der Waals surface area contributed by atoms with Crippen molar-refractivity contribution >= 4 is 11.3 Å². The summed E-state index contributed by atoms with van der Waals surface area (Å²) in [5.74, 6) is 0. The molecule has 0 atom stereocenters. The van der Waals surface area contributed by atoms with Gasteiger partial charge >= 0.3 is 0 Å². The van der Waals surface area contributed by atoms with Gasteiger partial charge in [-0.1, -0.05) is 18.2 Å². The zero-order valence-electron chi connectivity index (χ0n) is 35.5. The molecular formula is C45H63N5O10S. The topological polar surface area (TPSA) is 137 Å². The Kier molecular flexibility index (Phi) is 22.5. The first-order valence-corrected chi connectivity index (χ1v) is 22.4. The first-order chi connectivity index (χ1) is 30.3. The van der Waals surface area contributed by atoms with Crippen molar-refractivity contribution in [3.63, 3.8) is 0 Å². The molecule has 6 heterocycles. The number of aromatic nitrogens is 3. The molecule has 0 unspecified atom stereocenters. The van der Waals surface area contributed by atoms with Crippen LogP contribution in [0.15, 0.2) is 66.0 Å². The molecule has 4 aromatic heterocycles. The van der Waals surface area contributed by atoms with Crippen LogP contribution in [0.4, 0.5) is 0 Å². The van der Waals surface area contributed by atoms with Gasteiger partial charge in [0.2, 0.25) is 0 Å². The number of hydrogen-bond donors (Lipinski definition) is 0. The molecule has 16 heteroatoms. The fraction of sp³-hybridized carbons (Fsp3) is 0.578. The first-order valence-electron chi connectivity index (χ1n) is 21.5. The SMILES string of the molecule is c1cc(CN2CCOCCOCCOCCCOCOCC2)nc(-c2cc(-c3cccs3)cc(-c3cccc(CN4CCOCCOCCOCCCOCOCC4)n3)n2)c1. The summed E-state index contributed by atoms with van der Waals surface area (Å²) in [5.41, 5.74) is 6.08. The Hall–Kier alpha value is -3.33. The number of ether oxygens (including phenoxy) is 10. The number of pyridine rings is 3. The second kappa shape index (κ2) is 29.1. The molecule has 2 fully saturated rings. The Labute approximate surface area is 364 Å². The van der Waals surface area contributed by atoms with Crippen molar-refractivity contribution in [3.05, 3.63) is 77.4 Å². The highest BCUT2D eigenvalue weighted by Gasteiger charge is 2.15. The average Bonchev–Trinajstić information content (AvgIpc) is 3.83. The first kappa shape index (κ1) is 47.2. The lowest BCUT2D eigenvalue weighted by Gasteiger charge is -2.22. The minimum Gasteiger partial charge on any atom is -0.379 e. The molecule has 0 aliphatic carbocycles. The van der Waals surface area contributed by atoms with Crippen molar-refractivity contribution in [3.8, 4) is 33.2 Å². The number of rotatable bonds is 7.